The Balaban J connectivity index is 2.20. The van der Waals surface area contributed by atoms with Crippen LogP contribution < -0.4 is 10.1 Å². The van der Waals surface area contributed by atoms with Crippen molar-refractivity contribution in [2.24, 2.45) is 0 Å². The van der Waals surface area contributed by atoms with Crippen LogP contribution in [-0.4, -0.2) is 7.05 Å². The summed E-state index contributed by atoms with van der Waals surface area (Å²) in [4.78, 5) is 0. The third-order valence-electron chi connectivity index (χ3n) is 2.86. The van der Waals surface area contributed by atoms with Crippen molar-refractivity contribution in [3.05, 3.63) is 58.6 Å². The highest BCUT2D eigenvalue weighted by molar-refractivity contribution is 9.10. The number of hydrogen-bond acceptors (Lipinski definition) is 2. The lowest BCUT2D eigenvalue weighted by atomic mass is 10.1. The largest absolute Gasteiger partial charge is 0.456 e. The van der Waals surface area contributed by atoms with Gasteiger partial charge in [-0.05, 0) is 59.7 Å². The predicted molar refractivity (Wildman–Crippen MR) is 78.1 cm³/mol. The number of halogens is 1. The van der Waals surface area contributed by atoms with Gasteiger partial charge in [-0.15, -0.1) is 0 Å². The molecule has 94 valence electrons. The molecular weight excluding hydrogens is 290 g/mol. The van der Waals surface area contributed by atoms with Crippen LogP contribution in [0.3, 0.4) is 0 Å². The first-order valence-corrected chi connectivity index (χ1v) is 6.69. The monoisotopic (exact) mass is 305 g/mol. The van der Waals surface area contributed by atoms with Gasteiger partial charge in [0.2, 0.25) is 0 Å². The fraction of sp³-hybridized carbons (Fsp3) is 0.200. The normalized spacial score (nSPS) is 12.2. The minimum Gasteiger partial charge on any atom is -0.456 e. The van der Waals surface area contributed by atoms with Crippen LogP contribution in [0.1, 0.15) is 18.5 Å². The van der Waals surface area contributed by atoms with Crippen LogP contribution >= 0.6 is 15.9 Å². The average Bonchev–Trinajstić information content (AvgIpc) is 2.41. The standard InChI is InChI=1S/C15H16BrNO/c1-11(17-2)12-8-9-15(14(16)10-12)18-13-6-4-3-5-7-13/h3-11,17H,1-2H3. The molecule has 1 unspecified atom stereocenters. The van der Waals surface area contributed by atoms with Gasteiger partial charge in [0.05, 0.1) is 4.47 Å². The molecule has 1 N–H and O–H groups in total. The lowest BCUT2D eigenvalue weighted by Crippen LogP contribution is -2.12. The van der Waals surface area contributed by atoms with E-state index in [1.165, 1.54) is 5.56 Å². The molecule has 0 aromatic heterocycles. The molecule has 2 aromatic rings. The second-order valence-corrected chi connectivity index (χ2v) is 4.97. The van der Waals surface area contributed by atoms with Gasteiger partial charge in [-0.1, -0.05) is 24.3 Å². The molecule has 3 heteroatoms. The highest BCUT2D eigenvalue weighted by Gasteiger charge is 2.07. The molecule has 0 aliphatic heterocycles. The van der Waals surface area contributed by atoms with Crippen LogP contribution in [0.2, 0.25) is 0 Å². The highest BCUT2D eigenvalue weighted by atomic mass is 79.9. The van der Waals surface area contributed by atoms with Crippen molar-refractivity contribution in [2.75, 3.05) is 7.05 Å². The van der Waals surface area contributed by atoms with E-state index < -0.39 is 0 Å². The highest BCUT2D eigenvalue weighted by Crippen LogP contribution is 2.31. The summed E-state index contributed by atoms with van der Waals surface area (Å²) >= 11 is 3.55. The summed E-state index contributed by atoms with van der Waals surface area (Å²) < 4.78 is 6.77. The number of hydrogen-bond donors (Lipinski definition) is 1. The van der Waals surface area contributed by atoms with Crippen molar-refractivity contribution >= 4 is 15.9 Å². The zero-order chi connectivity index (χ0) is 13.0. The van der Waals surface area contributed by atoms with E-state index in [4.69, 9.17) is 4.74 Å². The van der Waals surface area contributed by atoms with Gasteiger partial charge in [-0.3, -0.25) is 0 Å². The molecule has 0 bridgehead atoms. The molecule has 0 amide bonds. The van der Waals surface area contributed by atoms with Crippen LogP contribution in [0.4, 0.5) is 0 Å². The number of benzene rings is 2. The molecule has 0 saturated heterocycles. The zero-order valence-corrected chi connectivity index (χ0v) is 12.1. The van der Waals surface area contributed by atoms with Gasteiger partial charge in [0.25, 0.3) is 0 Å². The minimum atomic E-state index is 0.326. The van der Waals surface area contributed by atoms with Crippen molar-refractivity contribution in [1.29, 1.82) is 0 Å². The lowest BCUT2D eigenvalue weighted by molar-refractivity contribution is 0.479. The summed E-state index contributed by atoms with van der Waals surface area (Å²) in [5.74, 6) is 1.67. The van der Waals surface area contributed by atoms with Gasteiger partial charge in [0.15, 0.2) is 0 Å². The topological polar surface area (TPSA) is 21.3 Å². The summed E-state index contributed by atoms with van der Waals surface area (Å²) in [7, 11) is 1.95. The molecule has 0 spiro atoms. The summed E-state index contributed by atoms with van der Waals surface area (Å²) in [5.41, 5.74) is 1.23. The Hall–Kier alpha value is -1.32. The number of rotatable bonds is 4. The van der Waals surface area contributed by atoms with Crippen LogP contribution in [-0.2, 0) is 0 Å². The summed E-state index contributed by atoms with van der Waals surface area (Å²) in [6, 6.07) is 16.2. The molecule has 0 fully saturated rings. The summed E-state index contributed by atoms with van der Waals surface area (Å²) in [6.45, 7) is 2.12. The van der Waals surface area contributed by atoms with Crippen LogP contribution in [0.5, 0.6) is 11.5 Å². The first kappa shape index (κ1) is 13.1. The maximum atomic E-state index is 5.81. The van der Waals surface area contributed by atoms with E-state index in [-0.39, 0.29) is 0 Å². The molecule has 0 heterocycles. The molecule has 2 nitrogen and oxygen atoms in total. The molecule has 18 heavy (non-hydrogen) atoms. The van der Waals surface area contributed by atoms with Crippen LogP contribution in [0.15, 0.2) is 53.0 Å². The Labute approximate surface area is 116 Å². The maximum Gasteiger partial charge on any atom is 0.141 e. The molecular formula is C15H16BrNO. The fourth-order valence-corrected chi connectivity index (χ4v) is 2.13. The van der Waals surface area contributed by atoms with Crippen molar-refractivity contribution < 1.29 is 4.74 Å². The Kier molecular flexibility index (Phi) is 4.39. The molecule has 0 aliphatic carbocycles. The Morgan fingerprint density at radius 1 is 1.11 bits per heavy atom. The minimum absolute atomic E-state index is 0.326. The maximum absolute atomic E-state index is 5.81. The third kappa shape index (κ3) is 3.12. The first-order chi connectivity index (χ1) is 8.70. The average molecular weight is 306 g/mol. The second-order valence-electron chi connectivity index (χ2n) is 4.12. The number of nitrogens with one attached hydrogen (secondary N) is 1. The SMILES string of the molecule is CNC(C)c1ccc(Oc2ccccc2)c(Br)c1. The van der Waals surface area contributed by atoms with Gasteiger partial charge in [-0.2, -0.15) is 0 Å². The quantitative estimate of drug-likeness (QED) is 0.896. The van der Waals surface area contributed by atoms with E-state index in [1.54, 1.807) is 0 Å². The van der Waals surface area contributed by atoms with E-state index in [0.29, 0.717) is 6.04 Å². The van der Waals surface area contributed by atoms with Crippen molar-refractivity contribution in [3.8, 4) is 11.5 Å². The van der Waals surface area contributed by atoms with Gasteiger partial charge in [0.1, 0.15) is 11.5 Å². The van der Waals surface area contributed by atoms with E-state index >= 15 is 0 Å². The van der Waals surface area contributed by atoms with E-state index in [2.05, 4.69) is 40.3 Å². The Morgan fingerprint density at radius 2 is 1.83 bits per heavy atom. The van der Waals surface area contributed by atoms with E-state index in [1.807, 2.05) is 43.4 Å². The van der Waals surface area contributed by atoms with Gasteiger partial charge < -0.3 is 10.1 Å². The summed E-state index contributed by atoms with van der Waals surface area (Å²) in [5, 5.41) is 3.22. The molecule has 0 radical (unpaired) electrons. The number of ether oxygens (including phenoxy) is 1. The van der Waals surface area contributed by atoms with E-state index in [0.717, 1.165) is 16.0 Å². The van der Waals surface area contributed by atoms with Gasteiger partial charge >= 0.3 is 0 Å². The Bertz CT molecular complexity index is 513. The Morgan fingerprint density at radius 3 is 2.44 bits per heavy atom. The van der Waals surface area contributed by atoms with Crippen molar-refractivity contribution in [3.63, 3.8) is 0 Å². The molecule has 2 rings (SSSR count). The lowest BCUT2D eigenvalue weighted by Gasteiger charge is -2.13. The van der Waals surface area contributed by atoms with Gasteiger partial charge in [0, 0.05) is 6.04 Å². The molecule has 0 saturated carbocycles. The van der Waals surface area contributed by atoms with Crippen LogP contribution in [0, 0.1) is 0 Å². The fourth-order valence-electron chi connectivity index (χ4n) is 1.65. The molecule has 1 atom stereocenters. The van der Waals surface area contributed by atoms with Gasteiger partial charge in [-0.25, -0.2) is 0 Å². The van der Waals surface area contributed by atoms with Crippen LogP contribution in [0.25, 0.3) is 0 Å². The first-order valence-electron chi connectivity index (χ1n) is 5.90. The van der Waals surface area contributed by atoms with Crippen molar-refractivity contribution in [1.82, 2.24) is 5.32 Å². The number of para-hydroxylation sites is 1. The second kappa shape index (κ2) is 6.03. The predicted octanol–water partition coefficient (Wildman–Crippen LogP) is 4.52. The van der Waals surface area contributed by atoms with E-state index in [9.17, 15) is 0 Å². The van der Waals surface area contributed by atoms with Crippen molar-refractivity contribution in [2.45, 2.75) is 13.0 Å². The molecule has 2 aromatic carbocycles. The third-order valence-corrected chi connectivity index (χ3v) is 3.48. The zero-order valence-electron chi connectivity index (χ0n) is 10.5. The smallest absolute Gasteiger partial charge is 0.141 e. The molecule has 0 aliphatic rings. The summed E-state index contributed by atoms with van der Waals surface area (Å²) in [6.07, 6.45) is 0.